The van der Waals surface area contributed by atoms with Gasteiger partial charge in [-0.3, -0.25) is 0 Å². The predicted molar refractivity (Wildman–Crippen MR) is 76.6 cm³/mol. The van der Waals surface area contributed by atoms with Crippen molar-refractivity contribution < 1.29 is 4.74 Å². The number of methoxy groups -OCH3 is 1. The lowest BCUT2D eigenvalue weighted by Gasteiger charge is -2.33. The molecular weight excluding hydrogens is 222 g/mol. The minimum atomic E-state index is 0.253. The van der Waals surface area contributed by atoms with Gasteiger partial charge in [0.1, 0.15) is 0 Å². The summed E-state index contributed by atoms with van der Waals surface area (Å²) >= 11 is 0. The molecule has 2 heteroatoms. The molecule has 0 aliphatic heterocycles. The Morgan fingerprint density at radius 2 is 2.22 bits per heavy atom. The van der Waals surface area contributed by atoms with E-state index >= 15 is 0 Å². The fourth-order valence-electron chi connectivity index (χ4n) is 4.00. The summed E-state index contributed by atoms with van der Waals surface area (Å²) in [6.45, 7) is 9.19. The Hall–Kier alpha value is -0.340. The molecule has 2 bridgehead atoms. The fraction of sp³-hybridized carbons (Fsp3) is 0.875. The Bertz CT molecular complexity index is 278. The highest BCUT2D eigenvalue weighted by atomic mass is 16.5. The maximum atomic E-state index is 5.08. The van der Waals surface area contributed by atoms with E-state index in [4.69, 9.17) is 4.74 Å². The third kappa shape index (κ3) is 3.36. The summed E-state index contributed by atoms with van der Waals surface area (Å²) < 4.78 is 5.08. The molecule has 1 N–H and O–H groups in total. The molecule has 2 saturated carbocycles. The molecule has 0 aromatic heterocycles. The molecule has 2 nitrogen and oxygen atoms in total. The quantitative estimate of drug-likeness (QED) is 0.528. The molecule has 2 aliphatic carbocycles. The second-order valence-corrected chi connectivity index (χ2v) is 6.67. The molecule has 0 radical (unpaired) electrons. The summed E-state index contributed by atoms with van der Waals surface area (Å²) in [6, 6.07) is 0. The van der Waals surface area contributed by atoms with Crippen molar-refractivity contribution >= 4 is 0 Å². The summed E-state index contributed by atoms with van der Waals surface area (Å²) in [6.07, 6.45) is 9.45. The van der Waals surface area contributed by atoms with Crippen LogP contribution in [0.15, 0.2) is 12.7 Å². The first kappa shape index (κ1) is 14.1. The smallest absolute Gasteiger partial charge is 0.0587 e. The topological polar surface area (TPSA) is 21.3 Å². The van der Waals surface area contributed by atoms with Gasteiger partial charge >= 0.3 is 0 Å². The lowest BCUT2D eigenvalue weighted by atomic mass is 9.75. The van der Waals surface area contributed by atoms with Crippen molar-refractivity contribution in [2.24, 2.45) is 23.2 Å². The van der Waals surface area contributed by atoms with Crippen LogP contribution in [0.4, 0.5) is 0 Å². The van der Waals surface area contributed by atoms with Gasteiger partial charge in [0.2, 0.25) is 0 Å². The first-order valence-corrected chi connectivity index (χ1v) is 7.50. The predicted octanol–water partition coefficient (Wildman–Crippen LogP) is 3.24. The normalized spacial score (nSPS) is 33.6. The zero-order valence-corrected chi connectivity index (χ0v) is 12.1. The number of hydrogen-bond acceptors (Lipinski definition) is 2. The summed E-state index contributed by atoms with van der Waals surface area (Å²) in [5.41, 5.74) is 0.253. The van der Waals surface area contributed by atoms with Crippen LogP contribution in [-0.2, 0) is 4.74 Å². The Kier molecular flexibility index (Phi) is 4.85. The third-order valence-corrected chi connectivity index (χ3v) is 5.12. The molecule has 2 fully saturated rings. The summed E-state index contributed by atoms with van der Waals surface area (Å²) in [4.78, 5) is 0. The average Bonchev–Trinajstić information content (AvgIpc) is 2.97. The van der Waals surface area contributed by atoms with Crippen LogP contribution in [0, 0.1) is 23.2 Å². The lowest BCUT2D eigenvalue weighted by molar-refractivity contribution is 0.188. The summed E-state index contributed by atoms with van der Waals surface area (Å²) in [5.74, 6) is 3.03. The largest absolute Gasteiger partial charge is 0.383 e. The average molecular weight is 251 g/mol. The van der Waals surface area contributed by atoms with Gasteiger partial charge in [-0.1, -0.05) is 19.4 Å². The molecule has 104 valence electrons. The minimum absolute atomic E-state index is 0.253. The highest BCUT2D eigenvalue weighted by Gasteiger charge is 2.41. The van der Waals surface area contributed by atoms with Crippen LogP contribution in [0.1, 0.15) is 39.0 Å². The third-order valence-electron chi connectivity index (χ3n) is 5.12. The van der Waals surface area contributed by atoms with Gasteiger partial charge in [0.15, 0.2) is 0 Å². The molecule has 4 atom stereocenters. The van der Waals surface area contributed by atoms with E-state index in [2.05, 4.69) is 24.9 Å². The van der Waals surface area contributed by atoms with E-state index in [0.29, 0.717) is 0 Å². The summed E-state index contributed by atoms with van der Waals surface area (Å²) in [5, 5.41) is 3.50. The molecule has 4 unspecified atom stereocenters. The van der Waals surface area contributed by atoms with Crippen LogP contribution >= 0.6 is 0 Å². The number of fused-ring (bicyclic) bond motifs is 2. The van der Waals surface area contributed by atoms with Crippen LogP contribution in [0.3, 0.4) is 0 Å². The molecular formula is C16H29NO. The molecule has 18 heavy (non-hydrogen) atoms. The molecule has 0 aromatic rings. The van der Waals surface area contributed by atoms with Gasteiger partial charge in [0, 0.05) is 20.2 Å². The van der Waals surface area contributed by atoms with E-state index in [1.54, 1.807) is 7.11 Å². The van der Waals surface area contributed by atoms with Crippen LogP contribution in [0.5, 0.6) is 0 Å². The molecule has 0 amide bonds. The van der Waals surface area contributed by atoms with Gasteiger partial charge in [-0.25, -0.2) is 0 Å². The molecule has 0 saturated heterocycles. The molecule has 2 rings (SSSR count). The van der Waals surface area contributed by atoms with Gasteiger partial charge in [0.05, 0.1) is 6.61 Å². The zero-order chi connectivity index (χ0) is 13.0. The Morgan fingerprint density at radius 3 is 2.78 bits per heavy atom. The van der Waals surface area contributed by atoms with Crippen molar-refractivity contribution in [2.75, 3.05) is 26.8 Å². The van der Waals surface area contributed by atoms with Crippen LogP contribution < -0.4 is 5.32 Å². The Labute approximate surface area is 112 Å². The monoisotopic (exact) mass is 251 g/mol. The van der Waals surface area contributed by atoms with Crippen molar-refractivity contribution in [1.29, 1.82) is 0 Å². The molecule has 2 aliphatic rings. The molecule has 0 spiro atoms. The van der Waals surface area contributed by atoms with Crippen molar-refractivity contribution in [3.05, 3.63) is 12.7 Å². The van der Waals surface area contributed by atoms with Gasteiger partial charge < -0.3 is 10.1 Å². The SMILES string of the molecule is C=CC(C)(CNCCOC)CC1CC2CCC1C2. The van der Waals surface area contributed by atoms with Crippen molar-refractivity contribution in [3.8, 4) is 0 Å². The van der Waals surface area contributed by atoms with E-state index in [9.17, 15) is 0 Å². The van der Waals surface area contributed by atoms with Crippen molar-refractivity contribution in [2.45, 2.75) is 39.0 Å². The second kappa shape index (κ2) is 6.21. The maximum Gasteiger partial charge on any atom is 0.0587 e. The van der Waals surface area contributed by atoms with Crippen molar-refractivity contribution in [3.63, 3.8) is 0 Å². The first-order valence-electron chi connectivity index (χ1n) is 7.50. The highest BCUT2D eigenvalue weighted by Crippen LogP contribution is 2.51. The fourth-order valence-corrected chi connectivity index (χ4v) is 4.00. The zero-order valence-electron chi connectivity index (χ0n) is 12.1. The Balaban J connectivity index is 1.78. The number of nitrogens with one attached hydrogen (secondary N) is 1. The van der Waals surface area contributed by atoms with Crippen LogP contribution in [0.2, 0.25) is 0 Å². The number of rotatable bonds is 8. The van der Waals surface area contributed by atoms with Crippen LogP contribution in [-0.4, -0.2) is 26.8 Å². The van der Waals surface area contributed by atoms with E-state index in [0.717, 1.165) is 37.5 Å². The molecule has 0 heterocycles. The maximum absolute atomic E-state index is 5.08. The highest BCUT2D eigenvalue weighted by molar-refractivity contribution is 4.99. The van der Waals surface area contributed by atoms with E-state index < -0.39 is 0 Å². The van der Waals surface area contributed by atoms with Gasteiger partial charge in [0.25, 0.3) is 0 Å². The number of hydrogen-bond donors (Lipinski definition) is 1. The first-order chi connectivity index (χ1) is 8.67. The van der Waals surface area contributed by atoms with Crippen molar-refractivity contribution in [1.82, 2.24) is 5.32 Å². The van der Waals surface area contributed by atoms with E-state index in [-0.39, 0.29) is 5.41 Å². The molecule has 0 aromatic carbocycles. The van der Waals surface area contributed by atoms with Gasteiger partial charge in [-0.05, 0) is 48.9 Å². The van der Waals surface area contributed by atoms with Crippen LogP contribution in [0.25, 0.3) is 0 Å². The number of ether oxygens (including phenoxy) is 1. The van der Waals surface area contributed by atoms with Gasteiger partial charge in [-0.15, -0.1) is 6.58 Å². The lowest BCUT2D eigenvalue weighted by Crippen LogP contribution is -2.34. The standard InChI is InChI=1S/C16H29NO/c1-4-16(2,12-17-7-8-18-3)11-15-10-13-5-6-14(15)9-13/h4,13-15,17H,1,5-12H2,2-3H3. The van der Waals surface area contributed by atoms with E-state index in [1.165, 1.54) is 32.1 Å². The van der Waals surface area contributed by atoms with Gasteiger partial charge in [-0.2, -0.15) is 0 Å². The Morgan fingerprint density at radius 1 is 1.39 bits per heavy atom. The second-order valence-electron chi connectivity index (χ2n) is 6.67. The summed E-state index contributed by atoms with van der Waals surface area (Å²) in [7, 11) is 1.75. The minimum Gasteiger partial charge on any atom is -0.383 e. The van der Waals surface area contributed by atoms with E-state index in [1.807, 2.05) is 0 Å².